The van der Waals surface area contributed by atoms with Crippen molar-refractivity contribution in [2.75, 3.05) is 0 Å². The molecule has 6 nitrogen and oxygen atoms in total. The molecule has 1 aliphatic rings. The van der Waals surface area contributed by atoms with Crippen molar-refractivity contribution in [3.63, 3.8) is 0 Å². The maximum Gasteiger partial charge on any atom is 0.260 e. The van der Waals surface area contributed by atoms with Crippen LogP contribution in [0.25, 0.3) is 0 Å². The summed E-state index contributed by atoms with van der Waals surface area (Å²) in [6.07, 6.45) is 1.63. The highest BCUT2D eigenvalue weighted by Gasteiger charge is 2.28. The number of nitrogens with one attached hydrogen (secondary N) is 1. The zero-order valence-corrected chi connectivity index (χ0v) is 9.84. The number of nitrogens with zero attached hydrogens (tertiary/aromatic N) is 2. The van der Waals surface area contributed by atoms with Crippen molar-refractivity contribution in [1.82, 2.24) is 5.32 Å². The SMILES string of the molecule is CC1=CC(N)(Oc2ccc(C#N)cc2)NC(N)=N1. The lowest BCUT2D eigenvalue weighted by molar-refractivity contribution is 0.108. The second kappa shape index (κ2) is 4.39. The first kappa shape index (κ1) is 12.0. The summed E-state index contributed by atoms with van der Waals surface area (Å²) >= 11 is 0. The molecule has 0 saturated carbocycles. The Hall–Kier alpha value is -2.52. The van der Waals surface area contributed by atoms with Gasteiger partial charge >= 0.3 is 0 Å². The molecule has 0 aliphatic carbocycles. The molecule has 1 unspecified atom stereocenters. The third-order valence-corrected chi connectivity index (χ3v) is 2.31. The van der Waals surface area contributed by atoms with Crippen molar-refractivity contribution in [2.24, 2.45) is 16.5 Å². The summed E-state index contributed by atoms with van der Waals surface area (Å²) < 4.78 is 5.60. The molecule has 0 aromatic heterocycles. The molecule has 1 heterocycles. The van der Waals surface area contributed by atoms with Crippen LogP contribution in [0.4, 0.5) is 0 Å². The fraction of sp³-hybridized carbons (Fsp3) is 0.167. The summed E-state index contributed by atoms with van der Waals surface area (Å²) in [5.41, 5.74) is 12.8. The number of rotatable bonds is 2. The summed E-state index contributed by atoms with van der Waals surface area (Å²) in [4.78, 5) is 3.99. The van der Waals surface area contributed by atoms with E-state index in [1.165, 1.54) is 0 Å². The van der Waals surface area contributed by atoms with Gasteiger partial charge in [0.15, 0.2) is 5.96 Å². The molecule has 0 fully saturated rings. The highest BCUT2D eigenvalue weighted by Crippen LogP contribution is 2.18. The maximum atomic E-state index is 8.70. The minimum atomic E-state index is -1.23. The average molecular weight is 243 g/mol. The minimum absolute atomic E-state index is 0.200. The van der Waals surface area contributed by atoms with Crippen molar-refractivity contribution in [2.45, 2.75) is 12.8 Å². The van der Waals surface area contributed by atoms with E-state index in [0.717, 1.165) is 0 Å². The number of allylic oxidation sites excluding steroid dienone is 1. The Labute approximate surface area is 105 Å². The number of benzene rings is 1. The number of aliphatic imine (C=N–C) groups is 1. The number of guanidine groups is 1. The van der Waals surface area contributed by atoms with Gasteiger partial charge in [-0.3, -0.25) is 5.73 Å². The number of nitrogens with two attached hydrogens (primary N) is 2. The lowest BCUT2D eigenvalue weighted by Crippen LogP contribution is -2.62. The predicted molar refractivity (Wildman–Crippen MR) is 67.2 cm³/mol. The minimum Gasteiger partial charge on any atom is -0.451 e. The third-order valence-electron chi connectivity index (χ3n) is 2.31. The van der Waals surface area contributed by atoms with Gasteiger partial charge in [-0.1, -0.05) is 0 Å². The molecular weight excluding hydrogens is 230 g/mol. The fourth-order valence-corrected chi connectivity index (χ4v) is 1.64. The van der Waals surface area contributed by atoms with Crippen LogP contribution in [0.15, 0.2) is 41.0 Å². The number of hydrogen-bond acceptors (Lipinski definition) is 6. The van der Waals surface area contributed by atoms with E-state index in [1.807, 2.05) is 6.07 Å². The molecule has 1 aromatic rings. The van der Waals surface area contributed by atoms with Gasteiger partial charge in [0.25, 0.3) is 5.85 Å². The second-order valence-electron chi connectivity index (χ2n) is 3.94. The Bertz CT molecular complexity index is 555. The molecule has 0 bridgehead atoms. The van der Waals surface area contributed by atoms with Crippen molar-refractivity contribution in [3.8, 4) is 11.8 Å². The average Bonchev–Trinajstić information content (AvgIpc) is 2.27. The second-order valence-corrected chi connectivity index (χ2v) is 3.94. The van der Waals surface area contributed by atoms with Crippen LogP contribution >= 0.6 is 0 Å². The van der Waals surface area contributed by atoms with E-state index in [-0.39, 0.29) is 5.96 Å². The quantitative estimate of drug-likeness (QED) is 0.650. The van der Waals surface area contributed by atoms with Crippen molar-refractivity contribution in [1.29, 1.82) is 5.26 Å². The van der Waals surface area contributed by atoms with Crippen LogP contribution in [-0.4, -0.2) is 11.8 Å². The van der Waals surface area contributed by atoms with Gasteiger partial charge in [-0.05, 0) is 31.2 Å². The molecule has 1 aromatic carbocycles. The molecule has 18 heavy (non-hydrogen) atoms. The molecule has 2 rings (SSSR count). The molecular formula is C12H13N5O. The van der Waals surface area contributed by atoms with Gasteiger partial charge < -0.3 is 15.8 Å². The van der Waals surface area contributed by atoms with E-state index in [0.29, 0.717) is 17.0 Å². The van der Waals surface area contributed by atoms with E-state index in [2.05, 4.69) is 10.3 Å². The predicted octanol–water partition coefficient (Wildman–Crippen LogP) is 0.371. The molecule has 1 atom stereocenters. The Kier molecular flexibility index (Phi) is 2.92. The van der Waals surface area contributed by atoms with Gasteiger partial charge in [-0.2, -0.15) is 5.26 Å². The zero-order valence-electron chi connectivity index (χ0n) is 9.84. The van der Waals surface area contributed by atoms with Gasteiger partial charge in [-0.25, -0.2) is 4.99 Å². The van der Waals surface area contributed by atoms with Crippen LogP contribution in [0.2, 0.25) is 0 Å². The van der Waals surface area contributed by atoms with E-state index < -0.39 is 5.85 Å². The van der Waals surface area contributed by atoms with Gasteiger partial charge in [0, 0.05) is 11.8 Å². The lowest BCUT2D eigenvalue weighted by Gasteiger charge is -2.31. The smallest absolute Gasteiger partial charge is 0.260 e. The molecule has 0 saturated heterocycles. The monoisotopic (exact) mass is 243 g/mol. The number of ether oxygens (including phenoxy) is 1. The Morgan fingerprint density at radius 3 is 2.61 bits per heavy atom. The standard InChI is InChI=1S/C12H13N5O/c1-8-6-12(15,17-11(14)16-8)18-10-4-2-9(7-13)3-5-10/h2-6H,15H2,1H3,(H3,14,16,17). The first-order chi connectivity index (χ1) is 8.50. The number of hydrogen-bond donors (Lipinski definition) is 3. The van der Waals surface area contributed by atoms with Gasteiger partial charge in [0.1, 0.15) is 5.75 Å². The summed E-state index contributed by atoms with van der Waals surface area (Å²) in [6.45, 7) is 1.78. The normalized spacial score (nSPS) is 22.3. The maximum absolute atomic E-state index is 8.70. The van der Waals surface area contributed by atoms with Crippen LogP contribution in [0.5, 0.6) is 5.75 Å². The van der Waals surface area contributed by atoms with E-state index in [4.69, 9.17) is 21.5 Å². The Morgan fingerprint density at radius 2 is 2.06 bits per heavy atom. The van der Waals surface area contributed by atoms with Crippen molar-refractivity contribution >= 4 is 5.96 Å². The molecule has 92 valence electrons. The van der Waals surface area contributed by atoms with Gasteiger partial charge in [-0.15, -0.1) is 0 Å². The highest BCUT2D eigenvalue weighted by atomic mass is 16.5. The summed E-state index contributed by atoms with van der Waals surface area (Å²) in [6, 6.07) is 8.66. The Balaban J connectivity index is 2.18. The van der Waals surface area contributed by atoms with Crippen LogP contribution in [0.1, 0.15) is 12.5 Å². The molecule has 5 N–H and O–H groups in total. The fourth-order valence-electron chi connectivity index (χ4n) is 1.64. The molecule has 0 spiro atoms. The largest absolute Gasteiger partial charge is 0.451 e. The van der Waals surface area contributed by atoms with Crippen molar-refractivity contribution < 1.29 is 4.74 Å². The van der Waals surface area contributed by atoms with E-state index in [9.17, 15) is 0 Å². The van der Waals surface area contributed by atoms with Gasteiger partial charge in [0.2, 0.25) is 0 Å². The zero-order chi connectivity index (χ0) is 13.2. The van der Waals surface area contributed by atoms with E-state index >= 15 is 0 Å². The Morgan fingerprint density at radius 1 is 1.39 bits per heavy atom. The topological polar surface area (TPSA) is 109 Å². The third kappa shape index (κ3) is 2.59. The van der Waals surface area contributed by atoms with E-state index in [1.54, 1.807) is 37.3 Å². The van der Waals surface area contributed by atoms with Crippen LogP contribution in [-0.2, 0) is 0 Å². The summed E-state index contributed by atoms with van der Waals surface area (Å²) in [5, 5.41) is 11.4. The highest BCUT2D eigenvalue weighted by molar-refractivity contribution is 5.80. The van der Waals surface area contributed by atoms with Crippen LogP contribution in [0, 0.1) is 11.3 Å². The molecule has 6 heteroatoms. The summed E-state index contributed by atoms with van der Waals surface area (Å²) in [7, 11) is 0. The summed E-state index contributed by atoms with van der Waals surface area (Å²) in [5.74, 6) is -0.502. The lowest BCUT2D eigenvalue weighted by atomic mass is 10.2. The first-order valence-corrected chi connectivity index (χ1v) is 5.31. The first-order valence-electron chi connectivity index (χ1n) is 5.31. The van der Waals surface area contributed by atoms with Gasteiger partial charge in [0.05, 0.1) is 11.6 Å². The van der Waals surface area contributed by atoms with Crippen LogP contribution in [0.3, 0.4) is 0 Å². The van der Waals surface area contributed by atoms with Crippen molar-refractivity contribution in [3.05, 3.63) is 41.6 Å². The number of nitriles is 1. The molecule has 1 aliphatic heterocycles. The molecule has 0 radical (unpaired) electrons. The molecule has 0 amide bonds. The van der Waals surface area contributed by atoms with Crippen LogP contribution < -0.4 is 21.5 Å².